The van der Waals surface area contributed by atoms with Crippen LogP contribution in [0.4, 0.5) is 5.69 Å². The summed E-state index contributed by atoms with van der Waals surface area (Å²) in [6.07, 6.45) is 2.69. The van der Waals surface area contributed by atoms with Gasteiger partial charge >= 0.3 is 0 Å². The Morgan fingerprint density at radius 3 is 2.68 bits per heavy atom. The van der Waals surface area contributed by atoms with Crippen molar-refractivity contribution in [1.82, 2.24) is 9.80 Å². The van der Waals surface area contributed by atoms with Crippen LogP contribution in [0.1, 0.15) is 33.5 Å². The number of aromatic hydroxyl groups is 2. The second-order valence-electron chi connectivity index (χ2n) is 8.43. The molecule has 2 N–H and O–H groups in total. The van der Waals surface area contributed by atoms with E-state index in [0.29, 0.717) is 31.6 Å². The number of benzene rings is 2. The number of phenolic OH excluding ortho intramolecular Hbond substituents is 2. The van der Waals surface area contributed by atoms with Crippen molar-refractivity contribution in [2.45, 2.75) is 26.4 Å². The molecule has 2 heterocycles. The molecule has 0 saturated carbocycles. The molecule has 162 valence electrons. The highest BCUT2D eigenvalue weighted by Gasteiger charge is 2.33. The molecule has 7 nitrogen and oxygen atoms in total. The summed E-state index contributed by atoms with van der Waals surface area (Å²) in [6, 6.07) is 8.52. The molecule has 2 aliphatic heterocycles. The van der Waals surface area contributed by atoms with E-state index < -0.39 is 0 Å². The molecular weight excluding hydrogens is 394 g/mol. The number of rotatable bonds is 4. The lowest BCUT2D eigenvalue weighted by Gasteiger charge is -2.20. The second-order valence-corrected chi connectivity index (χ2v) is 8.43. The Kier molecular flexibility index (Phi) is 5.45. The van der Waals surface area contributed by atoms with E-state index in [1.165, 1.54) is 12.1 Å². The first-order chi connectivity index (χ1) is 14.8. The van der Waals surface area contributed by atoms with Gasteiger partial charge in [0.2, 0.25) is 0 Å². The number of hydrogen-bond donors (Lipinski definition) is 2. The Hall–Kier alpha value is -3.32. The number of carbonyl (C=O) groups excluding carboxylic acids is 2. The number of nitrogens with zero attached hydrogens (tertiary/aromatic N) is 3. The lowest BCUT2D eigenvalue weighted by molar-refractivity contribution is -0.114. The number of amides is 2. The molecule has 0 aromatic heterocycles. The molecule has 1 saturated heterocycles. The summed E-state index contributed by atoms with van der Waals surface area (Å²) < 4.78 is 0. The molecule has 31 heavy (non-hydrogen) atoms. The zero-order valence-corrected chi connectivity index (χ0v) is 18.1. The van der Waals surface area contributed by atoms with Crippen LogP contribution in [0.2, 0.25) is 0 Å². The van der Waals surface area contributed by atoms with E-state index >= 15 is 0 Å². The number of aryl methyl sites for hydroxylation is 1. The first-order valence-corrected chi connectivity index (χ1v) is 10.3. The maximum atomic E-state index is 13.1. The number of carbonyl (C=O) groups is 2. The average molecular weight is 421 g/mol. The number of fused-ring (bicyclic) bond motifs is 1. The van der Waals surface area contributed by atoms with Crippen LogP contribution in [-0.4, -0.2) is 59.0 Å². The molecule has 2 aliphatic rings. The minimum Gasteiger partial charge on any atom is -0.508 e. The van der Waals surface area contributed by atoms with Gasteiger partial charge in [-0.15, -0.1) is 0 Å². The van der Waals surface area contributed by atoms with Crippen molar-refractivity contribution in [2.75, 3.05) is 32.1 Å². The van der Waals surface area contributed by atoms with Crippen molar-refractivity contribution in [3.8, 4) is 11.5 Å². The van der Waals surface area contributed by atoms with Crippen LogP contribution < -0.4 is 4.90 Å². The summed E-state index contributed by atoms with van der Waals surface area (Å²) >= 11 is 0. The SMILES string of the molecule is Cc1cc(C(=O)N2Cc3cccc(N4CCC(=CCN(C)C)C4=O)c3C2)c(O)cc1O. The van der Waals surface area contributed by atoms with Crippen molar-refractivity contribution in [1.29, 1.82) is 0 Å². The van der Waals surface area contributed by atoms with Gasteiger partial charge in [-0.1, -0.05) is 18.2 Å². The van der Waals surface area contributed by atoms with E-state index in [4.69, 9.17) is 0 Å². The van der Waals surface area contributed by atoms with Crippen molar-refractivity contribution >= 4 is 17.5 Å². The molecule has 0 spiro atoms. The first kappa shape index (κ1) is 20.9. The molecule has 2 aromatic carbocycles. The third-order valence-electron chi connectivity index (χ3n) is 5.91. The maximum Gasteiger partial charge on any atom is 0.258 e. The molecule has 4 rings (SSSR count). The predicted octanol–water partition coefficient (Wildman–Crippen LogP) is 2.79. The van der Waals surface area contributed by atoms with Crippen LogP contribution >= 0.6 is 0 Å². The fraction of sp³-hybridized carbons (Fsp3) is 0.333. The van der Waals surface area contributed by atoms with Gasteiger partial charge in [0.1, 0.15) is 11.5 Å². The Morgan fingerprint density at radius 1 is 1.16 bits per heavy atom. The minimum absolute atomic E-state index is 0.0202. The normalized spacial score (nSPS) is 17.2. The van der Waals surface area contributed by atoms with E-state index in [2.05, 4.69) is 0 Å². The maximum absolute atomic E-state index is 13.1. The molecule has 0 atom stereocenters. The smallest absolute Gasteiger partial charge is 0.258 e. The molecule has 0 bridgehead atoms. The largest absolute Gasteiger partial charge is 0.508 e. The molecular formula is C24H27N3O4. The Labute approximate surface area is 181 Å². The Balaban J connectivity index is 1.58. The van der Waals surface area contributed by atoms with Crippen molar-refractivity contribution in [2.24, 2.45) is 0 Å². The second kappa shape index (κ2) is 8.07. The molecule has 0 aliphatic carbocycles. The summed E-state index contributed by atoms with van der Waals surface area (Å²) in [5, 5.41) is 19.9. The van der Waals surface area contributed by atoms with Crippen molar-refractivity contribution in [3.63, 3.8) is 0 Å². The number of likely N-dealkylation sites (N-methyl/N-ethyl adjacent to an activating group) is 1. The predicted molar refractivity (Wildman–Crippen MR) is 118 cm³/mol. The summed E-state index contributed by atoms with van der Waals surface area (Å²) in [6.45, 7) is 3.81. The van der Waals surface area contributed by atoms with Gasteiger partial charge in [-0.05, 0) is 50.7 Å². The highest BCUT2D eigenvalue weighted by atomic mass is 16.3. The van der Waals surface area contributed by atoms with Gasteiger partial charge in [0.25, 0.3) is 11.8 Å². The molecule has 0 unspecified atom stereocenters. The first-order valence-electron chi connectivity index (χ1n) is 10.3. The monoisotopic (exact) mass is 421 g/mol. The lowest BCUT2D eigenvalue weighted by Crippen LogP contribution is -2.27. The van der Waals surface area contributed by atoms with Crippen molar-refractivity contribution < 1.29 is 19.8 Å². The summed E-state index contributed by atoms with van der Waals surface area (Å²) in [7, 11) is 3.94. The van der Waals surface area contributed by atoms with Gasteiger partial charge in [0, 0.05) is 49.1 Å². The minimum atomic E-state index is -0.304. The fourth-order valence-electron chi connectivity index (χ4n) is 4.15. The number of anilines is 1. The van der Waals surface area contributed by atoms with Gasteiger partial charge in [0.15, 0.2) is 0 Å². The van der Waals surface area contributed by atoms with Crippen LogP contribution in [-0.2, 0) is 17.9 Å². The quantitative estimate of drug-likeness (QED) is 0.742. The highest BCUT2D eigenvalue weighted by molar-refractivity contribution is 6.08. The molecule has 2 aromatic rings. The van der Waals surface area contributed by atoms with Gasteiger partial charge in [-0.2, -0.15) is 0 Å². The molecule has 2 amide bonds. The zero-order valence-electron chi connectivity index (χ0n) is 18.1. The van der Waals surface area contributed by atoms with Crippen LogP contribution in [0, 0.1) is 6.92 Å². The van der Waals surface area contributed by atoms with Gasteiger partial charge in [0.05, 0.1) is 5.56 Å². The van der Waals surface area contributed by atoms with Gasteiger partial charge < -0.3 is 24.9 Å². The van der Waals surface area contributed by atoms with E-state index in [-0.39, 0.29) is 28.9 Å². The highest BCUT2D eigenvalue weighted by Crippen LogP contribution is 2.36. The van der Waals surface area contributed by atoms with Crippen molar-refractivity contribution in [3.05, 3.63) is 64.2 Å². The third kappa shape index (κ3) is 3.88. The number of hydrogen-bond acceptors (Lipinski definition) is 5. The third-order valence-corrected chi connectivity index (χ3v) is 5.91. The fourth-order valence-corrected chi connectivity index (χ4v) is 4.15. The van der Waals surface area contributed by atoms with E-state index in [9.17, 15) is 19.8 Å². The summed E-state index contributed by atoms with van der Waals surface area (Å²) in [5.74, 6) is -0.574. The van der Waals surface area contributed by atoms with Crippen LogP contribution in [0.3, 0.4) is 0 Å². The van der Waals surface area contributed by atoms with Gasteiger partial charge in [-0.3, -0.25) is 9.59 Å². The molecule has 0 radical (unpaired) electrons. The number of phenols is 2. The van der Waals surface area contributed by atoms with Gasteiger partial charge in [-0.25, -0.2) is 0 Å². The van der Waals surface area contributed by atoms with E-state index in [1.807, 2.05) is 43.3 Å². The van der Waals surface area contributed by atoms with E-state index in [1.54, 1.807) is 16.7 Å². The standard InChI is InChI=1S/C24H27N3O4/c1-15-11-18(22(29)12-21(15)28)24(31)26-13-17-5-4-6-20(19(17)14-26)27-10-8-16(23(27)30)7-9-25(2)3/h4-7,11-12,28-29H,8-10,13-14H2,1-3H3. The Morgan fingerprint density at radius 2 is 1.94 bits per heavy atom. The molecule has 7 heteroatoms. The van der Waals surface area contributed by atoms with Crippen LogP contribution in [0.25, 0.3) is 0 Å². The zero-order chi connectivity index (χ0) is 22.3. The average Bonchev–Trinajstić information content (AvgIpc) is 3.32. The van der Waals surface area contributed by atoms with Crippen LogP contribution in [0.5, 0.6) is 11.5 Å². The van der Waals surface area contributed by atoms with Crippen LogP contribution in [0.15, 0.2) is 42.0 Å². The summed E-state index contributed by atoms with van der Waals surface area (Å²) in [4.78, 5) is 31.5. The van der Waals surface area contributed by atoms with E-state index in [0.717, 1.165) is 28.9 Å². The molecule has 1 fully saturated rings. The lowest BCUT2D eigenvalue weighted by atomic mass is 10.1. The summed E-state index contributed by atoms with van der Waals surface area (Å²) in [5.41, 5.74) is 4.32. The topological polar surface area (TPSA) is 84.3 Å². The Bertz CT molecular complexity index is 1090.